The summed E-state index contributed by atoms with van der Waals surface area (Å²) in [4.78, 5) is 12.0. The van der Waals surface area contributed by atoms with Crippen LogP contribution in [-0.2, 0) is 4.74 Å². The van der Waals surface area contributed by atoms with Crippen LogP contribution in [0.1, 0.15) is 85.5 Å². The summed E-state index contributed by atoms with van der Waals surface area (Å²) in [5, 5.41) is 0. The number of methoxy groups -OCH3 is 1. The molecule has 0 bridgehead atoms. The van der Waals surface area contributed by atoms with Gasteiger partial charge in [0.05, 0.1) is 0 Å². The van der Waals surface area contributed by atoms with Crippen molar-refractivity contribution in [2.24, 2.45) is 0 Å². The fraction of sp³-hybridized carbons (Fsp3) is 0.941. The number of nitrogens with zero attached hydrogens (tertiary/aromatic N) is 1. The Hall–Kier alpha value is 0.0687. The summed E-state index contributed by atoms with van der Waals surface area (Å²) in [5.74, 6) is 0. The molecular weight excluding hydrogens is 369 g/mol. The average molecular weight is 404 g/mol. The minimum atomic E-state index is -0.961. The Morgan fingerprint density at radius 2 is 1.38 bits per heavy atom. The van der Waals surface area contributed by atoms with Gasteiger partial charge in [0.2, 0.25) is 0 Å². The molecule has 21 heavy (non-hydrogen) atoms. The van der Waals surface area contributed by atoms with Gasteiger partial charge in [0.25, 0.3) is 0 Å². The van der Waals surface area contributed by atoms with E-state index in [-0.39, 0.29) is 6.09 Å². The van der Waals surface area contributed by atoms with Crippen LogP contribution in [0.4, 0.5) is 4.79 Å². The third-order valence-corrected chi connectivity index (χ3v) is 9.80. The summed E-state index contributed by atoms with van der Waals surface area (Å²) in [6.45, 7) is 9.71. The molecule has 0 aliphatic heterocycles. The van der Waals surface area contributed by atoms with E-state index < -0.39 is 21.4 Å². The van der Waals surface area contributed by atoms with E-state index in [9.17, 15) is 4.79 Å². The third-order valence-electron chi connectivity index (χ3n) is 4.11. The van der Waals surface area contributed by atoms with Crippen molar-refractivity contribution in [3.63, 3.8) is 0 Å². The van der Waals surface area contributed by atoms with Gasteiger partial charge in [0.1, 0.15) is 0 Å². The molecule has 0 atom stereocenters. The SMILES string of the molecule is CCCC[C](CCCC)(CCCC)[Sn][N](CC)C(=O)OC. The van der Waals surface area contributed by atoms with Crippen molar-refractivity contribution in [3.05, 3.63) is 0 Å². The first kappa shape index (κ1) is 21.1. The molecule has 0 unspecified atom stereocenters. The second-order valence-corrected chi connectivity index (χ2v) is 11.1. The van der Waals surface area contributed by atoms with Gasteiger partial charge in [-0.15, -0.1) is 0 Å². The maximum atomic E-state index is 12.0. The van der Waals surface area contributed by atoms with E-state index in [1.807, 2.05) is 0 Å². The molecule has 1 amide bonds. The fourth-order valence-electron chi connectivity index (χ4n) is 2.74. The molecule has 2 radical (unpaired) electrons. The number of carbonyl (C=O) groups is 1. The van der Waals surface area contributed by atoms with Gasteiger partial charge < -0.3 is 0 Å². The second-order valence-electron chi connectivity index (χ2n) is 5.92. The molecule has 3 nitrogen and oxygen atoms in total. The molecule has 0 fully saturated rings. The van der Waals surface area contributed by atoms with E-state index in [2.05, 4.69) is 30.8 Å². The van der Waals surface area contributed by atoms with Crippen LogP contribution in [0.3, 0.4) is 0 Å². The number of unbranched alkanes of at least 4 members (excludes halogenated alkanes) is 3. The van der Waals surface area contributed by atoms with Gasteiger partial charge >= 0.3 is 143 Å². The van der Waals surface area contributed by atoms with Gasteiger partial charge in [-0.25, -0.2) is 0 Å². The number of rotatable bonds is 12. The minimum absolute atomic E-state index is 0.0991. The van der Waals surface area contributed by atoms with Crippen molar-refractivity contribution in [1.82, 2.24) is 3.12 Å². The Morgan fingerprint density at radius 1 is 0.952 bits per heavy atom. The summed E-state index contributed by atoms with van der Waals surface area (Å²) < 4.78 is 7.51. The van der Waals surface area contributed by atoms with E-state index in [4.69, 9.17) is 4.74 Å². The van der Waals surface area contributed by atoms with E-state index in [0.717, 1.165) is 6.54 Å². The van der Waals surface area contributed by atoms with Crippen LogP contribution >= 0.6 is 0 Å². The van der Waals surface area contributed by atoms with Gasteiger partial charge in [0, 0.05) is 0 Å². The molecule has 124 valence electrons. The van der Waals surface area contributed by atoms with Crippen LogP contribution in [0.25, 0.3) is 0 Å². The molecule has 0 N–H and O–H groups in total. The predicted octanol–water partition coefficient (Wildman–Crippen LogP) is 5.42. The van der Waals surface area contributed by atoms with Crippen LogP contribution in [0.5, 0.6) is 0 Å². The summed E-state index contributed by atoms with van der Waals surface area (Å²) in [6.07, 6.45) is 11.5. The third kappa shape index (κ3) is 8.32. The standard InChI is InChI=1S/C13H27.C4H9NO2.Sn/c1-4-7-10-13(11-8-5-2)12-9-6-3;1-3-5-4(6)7-2;/h4-12H2,1-3H3;3H2,1-2H3,(H,5,6);/q;;+1/p-1. The van der Waals surface area contributed by atoms with E-state index >= 15 is 0 Å². The van der Waals surface area contributed by atoms with Crippen molar-refractivity contribution < 1.29 is 9.53 Å². The molecule has 0 spiro atoms. The molecule has 0 aromatic heterocycles. The monoisotopic (exact) mass is 405 g/mol. The van der Waals surface area contributed by atoms with Gasteiger partial charge in [-0.3, -0.25) is 0 Å². The first-order valence-corrected chi connectivity index (χ1v) is 11.4. The van der Waals surface area contributed by atoms with Crippen LogP contribution in [0.15, 0.2) is 0 Å². The van der Waals surface area contributed by atoms with Gasteiger partial charge in [-0.05, 0) is 0 Å². The number of hydrogen-bond acceptors (Lipinski definition) is 2. The van der Waals surface area contributed by atoms with Gasteiger partial charge in [0.15, 0.2) is 0 Å². The van der Waals surface area contributed by atoms with Crippen molar-refractivity contribution in [3.8, 4) is 0 Å². The molecule has 0 aromatic rings. The first-order valence-electron chi connectivity index (χ1n) is 8.72. The Labute approximate surface area is 142 Å². The van der Waals surface area contributed by atoms with Crippen molar-refractivity contribution >= 4 is 27.5 Å². The Bertz CT molecular complexity index is 250. The van der Waals surface area contributed by atoms with Gasteiger partial charge in [-0.1, -0.05) is 0 Å². The zero-order valence-corrected chi connectivity index (χ0v) is 17.7. The molecular formula is C17H35NO2Sn. The van der Waals surface area contributed by atoms with Crippen molar-refractivity contribution in [2.45, 2.75) is 88.9 Å². The molecule has 0 aromatic carbocycles. The number of hydrogen-bond donors (Lipinski definition) is 0. The van der Waals surface area contributed by atoms with E-state index in [0.29, 0.717) is 3.43 Å². The van der Waals surface area contributed by atoms with Crippen LogP contribution < -0.4 is 0 Å². The number of amides is 1. The van der Waals surface area contributed by atoms with E-state index in [1.165, 1.54) is 64.9 Å². The molecule has 0 rings (SSSR count). The van der Waals surface area contributed by atoms with Crippen LogP contribution in [0, 0.1) is 0 Å². The predicted molar refractivity (Wildman–Crippen MR) is 91.8 cm³/mol. The van der Waals surface area contributed by atoms with Crippen molar-refractivity contribution in [1.29, 1.82) is 0 Å². The van der Waals surface area contributed by atoms with Crippen LogP contribution in [-0.4, -0.2) is 44.3 Å². The number of carbonyl (C=O) groups excluding carboxylic acids is 1. The Balaban J connectivity index is 5.03. The molecule has 4 heteroatoms. The molecule has 0 aliphatic carbocycles. The Morgan fingerprint density at radius 3 is 1.67 bits per heavy atom. The topological polar surface area (TPSA) is 29.5 Å². The molecule has 0 saturated heterocycles. The summed E-state index contributed by atoms with van der Waals surface area (Å²) in [7, 11) is 1.51. The average Bonchev–Trinajstić information content (AvgIpc) is 2.52. The van der Waals surface area contributed by atoms with Crippen LogP contribution in [0.2, 0.25) is 3.43 Å². The summed E-state index contributed by atoms with van der Waals surface area (Å²) in [5.41, 5.74) is 0. The fourth-order valence-corrected chi connectivity index (χ4v) is 7.82. The zero-order chi connectivity index (χ0) is 16.1. The van der Waals surface area contributed by atoms with Gasteiger partial charge in [-0.2, -0.15) is 0 Å². The Kier molecular flexibility index (Phi) is 12.6. The first-order chi connectivity index (χ1) is 10.1. The molecule has 0 heterocycles. The molecule has 0 saturated carbocycles. The normalized spacial score (nSPS) is 11.5. The second kappa shape index (κ2) is 12.6. The van der Waals surface area contributed by atoms with E-state index in [1.54, 1.807) is 0 Å². The van der Waals surface area contributed by atoms with Crippen molar-refractivity contribution in [2.75, 3.05) is 13.7 Å². The quantitative estimate of drug-likeness (QED) is 0.407. The maximum absolute atomic E-state index is 12.0. The molecule has 0 aliphatic rings. The summed E-state index contributed by atoms with van der Waals surface area (Å²) >= 11 is -0.961. The number of ether oxygens (including phenoxy) is 1. The summed E-state index contributed by atoms with van der Waals surface area (Å²) in [6, 6.07) is 0. The zero-order valence-electron chi connectivity index (χ0n) is 14.8.